The van der Waals surface area contributed by atoms with E-state index in [-0.39, 0.29) is 17.7 Å². The van der Waals surface area contributed by atoms with Gasteiger partial charge in [-0.3, -0.25) is 14.6 Å². The van der Waals surface area contributed by atoms with Crippen molar-refractivity contribution < 1.29 is 19.1 Å². The van der Waals surface area contributed by atoms with E-state index in [4.69, 9.17) is 9.47 Å². The van der Waals surface area contributed by atoms with Gasteiger partial charge >= 0.3 is 0 Å². The van der Waals surface area contributed by atoms with Crippen LogP contribution in [0.3, 0.4) is 0 Å². The molecule has 0 atom stereocenters. The fourth-order valence-electron chi connectivity index (χ4n) is 3.65. The maximum atomic E-state index is 12.5. The Balaban J connectivity index is 1.49. The first-order valence-corrected chi connectivity index (χ1v) is 11.0. The molecular weight excluding hydrogens is 394 g/mol. The van der Waals surface area contributed by atoms with Gasteiger partial charge in [-0.05, 0) is 55.7 Å². The zero-order valence-corrected chi connectivity index (χ0v) is 18.1. The summed E-state index contributed by atoms with van der Waals surface area (Å²) < 4.78 is 11.5. The predicted octanol–water partition coefficient (Wildman–Crippen LogP) is 3.49. The summed E-state index contributed by atoms with van der Waals surface area (Å²) >= 11 is 0. The van der Waals surface area contributed by atoms with Gasteiger partial charge in [0.25, 0.3) is 5.91 Å². The lowest BCUT2D eigenvalue weighted by atomic mass is 9.89. The first kappa shape index (κ1) is 22.6. The Morgan fingerprint density at radius 1 is 0.968 bits per heavy atom. The third-order valence-electron chi connectivity index (χ3n) is 5.34. The second-order valence-corrected chi connectivity index (χ2v) is 7.62. The summed E-state index contributed by atoms with van der Waals surface area (Å²) in [6.45, 7) is 3.53. The molecule has 1 aliphatic rings. The average molecular weight is 426 g/mol. The third-order valence-corrected chi connectivity index (χ3v) is 5.34. The van der Waals surface area contributed by atoms with Gasteiger partial charge in [0.2, 0.25) is 5.91 Å². The highest BCUT2D eigenvalue weighted by Gasteiger charge is 2.20. The highest BCUT2D eigenvalue weighted by atomic mass is 16.5. The SMILES string of the molecule is CCOc1cc(C(=O)NCCNC(=O)C2CCCCC2)ccc1OCc1ccncc1. The van der Waals surface area contributed by atoms with Gasteiger partial charge in [0.1, 0.15) is 6.61 Å². The number of ether oxygens (including phenoxy) is 2. The van der Waals surface area contributed by atoms with Crippen molar-refractivity contribution in [3.8, 4) is 11.5 Å². The summed E-state index contributed by atoms with van der Waals surface area (Å²) in [7, 11) is 0. The largest absolute Gasteiger partial charge is 0.490 e. The van der Waals surface area contributed by atoms with Crippen molar-refractivity contribution in [2.45, 2.75) is 45.6 Å². The van der Waals surface area contributed by atoms with Crippen LogP contribution in [-0.2, 0) is 11.4 Å². The Bertz CT molecular complexity index is 851. The first-order valence-electron chi connectivity index (χ1n) is 11.0. The van der Waals surface area contributed by atoms with Crippen molar-refractivity contribution in [3.05, 3.63) is 53.9 Å². The van der Waals surface area contributed by atoms with Crippen molar-refractivity contribution >= 4 is 11.8 Å². The average Bonchev–Trinajstić information content (AvgIpc) is 2.82. The van der Waals surface area contributed by atoms with Gasteiger partial charge in [0.15, 0.2) is 11.5 Å². The monoisotopic (exact) mass is 425 g/mol. The van der Waals surface area contributed by atoms with Crippen molar-refractivity contribution in [2.24, 2.45) is 5.92 Å². The number of nitrogens with one attached hydrogen (secondary N) is 2. The lowest BCUT2D eigenvalue weighted by Gasteiger charge is -2.20. The van der Waals surface area contributed by atoms with Crippen LogP contribution in [0.5, 0.6) is 11.5 Å². The third kappa shape index (κ3) is 6.98. The molecule has 7 nitrogen and oxygen atoms in total. The molecule has 0 unspecified atom stereocenters. The predicted molar refractivity (Wildman–Crippen MR) is 118 cm³/mol. The summed E-state index contributed by atoms with van der Waals surface area (Å²) in [6, 6.07) is 8.90. The van der Waals surface area contributed by atoms with E-state index < -0.39 is 0 Å². The van der Waals surface area contributed by atoms with E-state index in [9.17, 15) is 9.59 Å². The van der Waals surface area contributed by atoms with Crippen LogP contribution in [0.4, 0.5) is 0 Å². The molecule has 2 N–H and O–H groups in total. The summed E-state index contributed by atoms with van der Waals surface area (Å²) in [5.41, 5.74) is 1.48. The van der Waals surface area contributed by atoms with E-state index in [0.717, 1.165) is 31.2 Å². The molecule has 7 heteroatoms. The van der Waals surface area contributed by atoms with Crippen LogP contribution in [0.1, 0.15) is 54.9 Å². The van der Waals surface area contributed by atoms with Crippen molar-refractivity contribution in [3.63, 3.8) is 0 Å². The fourth-order valence-corrected chi connectivity index (χ4v) is 3.65. The lowest BCUT2D eigenvalue weighted by molar-refractivity contribution is -0.125. The van der Waals surface area contributed by atoms with Crippen LogP contribution >= 0.6 is 0 Å². The van der Waals surface area contributed by atoms with E-state index in [1.807, 2.05) is 19.1 Å². The smallest absolute Gasteiger partial charge is 0.251 e. The molecule has 0 bridgehead atoms. The molecule has 2 amide bonds. The van der Waals surface area contributed by atoms with Crippen LogP contribution in [0.15, 0.2) is 42.7 Å². The molecule has 1 heterocycles. The van der Waals surface area contributed by atoms with E-state index in [1.165, 1.54) is 6.42 Å². The van der Waals surface area contributed by atoms with Crippen LogP contribution in [0, 0.1) is 5.92 Å². The molecule has 1 fully saturated rings. The summed E-state index contributed by atoms with van der Waals surface area (Å²) in [6.07, 6.45) is 8.83. The molecular formula is C24H31N3O4. The Morgan fingerprint density at radius 3 is 2.45 bits per heavy atom. The molecule has 0 radical (unpaired) electrons. The maximum absolute atomic E-state index is 12.5. The molecule has 1 aromatic carbocycles. The van der Waals surface area contributed by atoms with Gasteiger partial charge in [0, 0.05) is 37.0 Å². The number of carbonyl (C=O) groups is 2. The normalized spacial score (nSPS) is 14.0. The summed E-state index contributed by atoms with van der Waals surface area (Å²) in [5.74, 6) is 1.11. The first-order chi connectivity index (χ1) is 15.2. The Labute approximate surface area is 183 Å². The van der Waals surface area contributed by atoms with Crippen molar-refractivity contribution in [1.82, 2.24) is 15.6 Å². The molecule has 2 aromatic rings. The van der Waals surface area contributed by atoms with Crippen LogP contribution in [0.25, 0.3) is 0 Å². The van der Waals surface area contributed by atoms with E-state index in [1.54, 1.807) is 30.6 Å². The Kier molecular flexibility index (Phi) is 8.70. The van der Waals surface area contributed by atoms with E-state index in [2.05, 4.69) is 15.6 Å². The molecule has 0 spiro atoms. The lowest BCUT2D eigenvalue weighted by Crippen LogP contribution is -2.38. The Hall–Kier alpha value is -3.09. The molecule has 3 rings (SSSR count). The number of pyridine rings is 1. The second kappa shape index (κ2) is 11.9. The van der Waals surface area contributed by atoms with Crippen molar-refractivity contribution in [1.29, 1.82) is 0 Å². The fraction of sp³-hybridized carbons (Fsp3) is 0.458. The molecule has 1 aromatic heterocycles. The number of nitrogens with zero attached hydrogens (tertiary/aromatic N) is 1. The standard InChI is InChI=1S/C24H31N3O4/c1-2-30-22-16-20(8-9-21(22)31-17-18-10-12-25-13-11-18)24(29)27-15-14-26-23(28)19-6-4-3-5-7-19/h8-13,16,19H,2-7,14-15,17H2,1H3,(H,26,28)(H,27,29). The van der Waals surface area contributed by atoms with Gasteiger partial charge in [-0.25, -0.2) is 0 Å². The number of carbonyl (C=O) groups excluding carboxylic acids is 2. The second-order valence-electron chi connectivity index (χ2n) is 7.62. The number of hydrogen-bond donors (Lipinski definition) is 2. The highest BCUT2D eigenvalue weighted by molar-refractivity contribution is 5.94. The minimum Gasteiger partial charge on any atom is -0.490 e. The Morgan fingerprint density at radius 2 is 1.71 bits per heavy atom. The zero-order chi connectivity index (χ0) is 21.9. The number of rotatable bonds is 10. The molecule has 1 saturated carbocycles. The summed E-state index contributed by atoms with van der Waals surface area (Å²) in [5, 5.41) is 5.78. The van der Waals surface area contributed by atoms with E-state index in [0.29, 0.717) is 43.4 Å². The molecule has 1 aliphatic carbocycles. The number of hydrogen-bond acceptors (Lipinski definition) is 5. The van der Waals surface area contributed by atoms with Gasteiger partial charge in [-0.2, -0.15) is 0 Å². The molecule has 0 aliphatic heterocycles. The van der Waals surface area contributed by atoms with Gasteiger partial charge in [-0.15, -0.1) is 0 Å². The molecule has 0 saturated heterocycles. The minimum atomic E-state index is -0.214. The molecule has 31 heavy (non-hydrogen) atoms. The topological polar surface area (TPSA) is 89.6 Å². The van der Waals surface area contributed by atoms with E-state index >= 15 is 0 Å². The highest BCUT2D eigenvalue weighted by Crippen LogP contribution is 2.29. The number of aromatic nitrogens is 1. The van der Waals surface area contributed by atoms with Crippen LogP contribution in [0.2, 0.25) is 0 Å². The quantitative estimate of drug-likeness (QED) is 0.569. The van der Waals surface area contributed by atoms with Gasteiger partial charge in [0.05, 0.1) is 6.61 Å². The maximum Gasteiger partial charge on any atom is 0.251 e. The molecule has 166 valence electrons. The number of benzene rings is 1. The minimum absolute atomic E-state index is 0.100. The van der Waals surface area contributed by atoms with Crippen LogP contribution < -0.4 is 20.1 Å². The number of amides is 2. The zero-order valence-electron chi connectivity index (χ0n) is 18.1. The summed E-state index contributed by atoms with van der Waals surface area (Å²) in [4.78, 5) is 28.7. The van der Waals surface area contributed by atoms with Crippen molar-refractivity contribution in [2.75, 3.05) is 19.7 Å². The van der Waals surface area contributed by atoms with Gasteiger partial charge in [-0.1, -0.05) is 19.3 Å². The van der Waals surface area contributed by atoms with Gasteiger partial charge < -0.3 is 20.1 Å². The van der Waals surface area contributed by atoms with Crippen LogP contribution in [-0.4, -0.2) is 36.5 Å².